The monoisotopic (exact) mass is 542 g/mol. The van der Waals surface area contributed by atoms with Gasteiger partial charge in [-0.05, 0) is 80.0 Å². The molecule has 1 aliphatic heterocycles. The number of carbonyl (C=O) groups is 2. The van der Waals surface area contributed by atoms with Crippen LogP contribution in [0.2, 0.25) is 0 Å². The lowest BCUT2D eigenvalue weighted by Crippen LogP contribution is -2.38. The summed E-state index contributed by atoms with van der Waals surface area (Å²) in [5.41, 5.74) is 3.51. The van der Waals surface area contributed by atoms with Crippen LogP contribution in [0.5, 0.6) is 11.5 Å². The number of likely N-dealkylation sites (tertiary alicyclic amines) is 1. The van der Waals surface area contributed by atoms with Crippen molar-refractivity contribution in [2.45, 2.75) is 40.3 Å². The Labute approximate surface area is 236 Å². The second-order valence-corrected chi connectivity index (χ2v) is 9.76. The zero-order valence-corrected chi connectivity index (χ0v) is 23.7. The maximum atomic E-state index is 13.4. The van der Waals surface area contributed by atoms with Crippen molar-refractivity contribution in [3.8, 4) is 11.5 Å². The Morgan fingerprint density at radius 3 is 2.12 bits per heavy atom. The van der Waals surface area contributed by atoms with Gasteiger partial charge in [0.1, 0.15) is 23.9 Å². The second kappa shape index (κ2) is 13.3. The van der Waals surface area contributed by atoms with Crippen LogP contribution >= 0.6 is 0 Å². The van der Waals surface area contributed by atoms with Crippen LogP contribution in [0.15, 0.2) is 78.4 Å². The van der Waals surface area contributed by atoms with Crippen LogP contribution in [0, 0.1) is 6.92 Å². The van der Waals surface area contributed by atoms with Gasteiger partial charge < -0.3 is 24.4 Å². The average Bonchev–Trinajstić information content (AvgIpc) is 3.23. The van der Waals surface area contributed by atoms with E-state index in [1.807, 2.05) is 62.4 Å². The van der Waals surface area contributed by atoms with Gasteiger partial charge in [-0.15, -0.1) is 0 Å². The third kappa shape index (κ3) is 6.37. The molecule has 0 aromatic heterocycles. The van der Waals surface area contributed by atoms with Crippen molar-refractivity contribution in [3.05, 3.63) is 101 Å². The van der Waals surface area contributed by atoms with Crippen molar-refractivity contribution in [1.29, 1.82) is 0 Å². The highest BCUT2D eigenvalue weighted by atomic mass is 16.5. The summed E-state index contributed by atoms with van der Waals surface area (Å²) in [7, 11) is 0. The van der Waals surface area contributed by atoms with Gasteiger partial charge in [0, 0.05) is 18.7 Å². The SMILES string of the molecule is CCOc1ccc(C2/C(=C(\O)c3ccc(OCc4ccccc4C)cc3)C(=O)C(=O)N2CCN(CC)CC)cc1. The molecule has 1 aliphatic rings. The number of amides is 1. The predicted octanol–water partition coefficient (Wildman–Crippen LogP) is 5.74. The van der Waals surface area contributed by atoms with E-state index < -0.39 is 17.7 Å². The minimum absolute atomic E-state index is 0.0854. The number of rotatable bonds is 12. The van der Waals surface area contributed by atoms with Crippen LogP contribution in [-0.2, 0) is 16.2 Å². The molecule has 7 nitrogen and oxygen atoms in total. The summed E-state index contributed by atoms with van der Waals surface area (Å²) in [6.45, 7) is 11.7. The maximum absolute atomic E-state index is 13.4. The predicted molar refractivity (Wildman–Crippen MR) is 156 cm³/mol. The molecule has 0 spiro atoms. The lowest BCUT2D eigenvalue weighted by Gasteiger charge is -2.28. The number of likely N-dealkylation sites (N-methyl/N-ethyl adjacent to an activating group) is 1. The summed E-state index contributed by atoms with van der Waals surface area (Å²) < 4.78 is 11.5. The Morgan fingerprint density at radius 2 is 1.50 bits per heavy atom. The molecule has 210 valence electrons. The smallest absolute Gasteiger partial charge is 0.295 e. The van der Waals surface area contributed by atoms with Crippen molar-refractivity contribution in [2.24, 2.45) is 0 Å². The molecule has 1 N–H and O–H groups in total. The number of aryl methyl sites for hydroxylation is 1. The van der Waals surface area contributed by atoms with E-state index in [2.05, 4.69) is 18.7 Å². The molecule has 4 rings (SSSR count). The minimum Gasteiger partial charge on any atom is -0.507 e. The van der Waals surface area contributed by atoms with Crippen LogP contribution in [0.25, 0.3) is 5.76 Å². The number of ether oxygens (including phenoxy) is 2. The lowest BCUT2D eigenvalue weighted by atomic mass is 9.95. The minimum atomic E-state index is -0.705. The number of benzene rings is 3. The molecule has 1 atom stereocenters. The van der Waals surface area contributed by atoms with Gasteiger partial charge in [-0.3, -0.25) is 9.59 Å². The Bertz CT molecular complexity index is 1340. The number of Topliss-reactive ketones (excluding diaryl/α,β-unsaturated/α-hetero) is 1. The van der Waals surface area contributed by atoms with Crippen LogP contribution in [0.3, 0.4) is 0 Å². The van der Waals surface area contributed by atoms with E-state index >= 15 is 0 Å². The van der Waals surface area contributed by atoms with Gasteiger partial charge in [-0.2, -0.15) is 0 Å². The summed E-state index contributed by atoms with van der Waals surface area (Å²) in [6.07, 6.45) is 0. The van der Waals surface area contributed by atoms with E-state index in [1.165, 1.54) is 0 Å². The highest BCUT2D eigenvalue weighted by Crippen LogP contribution is 2.40. The lowest BCUT2D eigenvalue weighted by molar-refractivity contribution is -0.140. The molecule has 1 amide bonds. The van der Waals surface area contributed by atoms with Gasteiger partial charge >= 0.3 is 0 Å². The first kappa shape index (κ1) is 28.9. The molecule has 0 radical (unpaired) electrons. The third-order valence-corrected chi connectivity index (χ3v) is 7.38. The van der Waals surface area contributed by atoms with Crippen molar-refractivity contribution in [2.75, 3.05) is 32.8 Å². The van der Waals surface area contributed by atoms with E-state index in [1.54, 1.807) is 29.2 Å². The molecule has 0 saturated carbocycles. The number of aliphatic hydroxyl groups is 1. The van der Waals surface area contributed by atoms with Crippen LogP contribution < -0.4 is 9.47 Å². The van der Waals surface area contributed by atoms with E-state index in [0.717, 1.165) is 29.8 Å². The standard InChI is InChI=1S/C33H38N2O5/c1-5-34(6-2)20-21-35-30(24-12-16-27(17-13-24)39-7-3)29(32(37)33(35)38)31(36)25-14-18-28(19-15-25)40-22-26-11-9-8-10-23(26)4/h8-19,30,36H,5-7,20-22H2,1-4H3/b31-29+. The quantitative estimate of drug-likeness (QED) is 0.179. The third-order valence-electron chi connectivity index (χ3n) is 7.38. The molecule has 1 heterocycles. The summed E-state index contributed by atoms with van der Waals surface area (Å²) in [4.78, 5) is 30.4. The fraction of sp³-hybridized carbons (Fsp3) is 0.333. The molecule has 3 aromatic carbocycles. The molecule has 7 heteroatoms. The van der Waals surface area contributed by atoms with Crippen molar-refractivity contribution in [1.82, 2.24) is 9.80 Å². The summed E-state index contributed by atoms with van der Waals surface area (Å²) in [5.74, 6) is -0.148. The summed E-state index contributed by atoms with van der Waals surface area (Å²) >= 11 is 0. The van der Waals surface area contributed by atoms with Crippen LogP contribution in [-0.4, -0.2) is 59.4 Å². The fourth-order valence-corrected chi connectivity index (χ4v) is 4.96. The molecular weight excluding hydrogens is 504 g/mol. The van der Waals surface area contributed by atoms with Crippen LogP contribution in [0.1, 0.15) is 49.1 Å². The Kier molecular flexibility index (Phi) is 9.61. The largest absolute Gasteiger partial charge is 0.507 e. The van der Waals surface area contributed by atoms with Gasteiger partial charge in [0.05, 0.1) is 18.2 Å². The number of nitrogens with zero attached hydrogens (tertiary/aromatic N) is 2. The summed E-state index contributed by atoms with van der Waals surface area (Å²) in [6, 6.07) is 21.6. The van der Waals surface area contributed by atoms with E-state index in [-0.39, 0.29) is 11.3 Å². The van der Waals surface area contributed by atoms with E-state index in [0.29, 0.717) is 43.4 Å². The number of aliphatic hydroxyl groups excluding tert-OH is 1. The maximum Gasteiger partial charge on any atom is 0.295 e. The van der Waals surface area contributed by atoms with Gasteiger partial charge in [0.2, 0.25) is 0 Å². The van der Waals surface area contributed by atoms with Gasteiger partial charge in [0.25, 0.3) is 11.7 Å². The highest BCUT2D eigenvalue weighted by molar-refractivity contribution is 6.46. The van der Waals surface area contributed by atoms with Crippen LogP contribution in [0.4, 0.5) is 0 Å². The first-order chi connectivity index (χ1) is 19.4. The molecule has 3 aromatic rings. The Morgan fingerprint density at radius 1 is 0.875 bits per heavy atom. The number of carbonyl (C=O) groups excluding carboxylic acids is 2. The molecule has 40 heavy (non-hydrogen) atoms. The Hall–Kier alpha value is -4.10. The highest BCUT2D eigenvalue weighted by Gasteiger charge is 2.46. The topological polar surface area (TPSA) is 79.3 Å². The van der Waals surface area contributed by atoms with Gasteiger partial charge in [0.15, 0.2) is 0 Å². The first-order valence-electron chi connectivity index (χ1n) is 13.9. The molecule has 1 fully saturated rings. The molecule has 0 aliphatic carbocycles. The van der Waals surface area contributed by atoms with E-state index in [4.69, 9.17) is 9.47 Å². The molecular formula is C33H38N2O5. The Balaban J connectivity index is 1.65. The number of ketones is 1. The molecule has 1 unspecified atom stereocenters. The second-order valence-electron chi connectivity index (χ2n) is 9.76. The normalized spacial score (nSPS) is 16.5. The van der Waals surface area contributed by atoms with Gasteiger partial charge in [-0.1, -0.05) is 50.2 Å². The average molecular weight is 543 g/mol. The zero-order valence-electron chi connectivity index (χ0n) is 23.7. The van der Waals surface area contributed by atoms with Crippen molar-refractivity contribution < 1.29 is 24.2 Å². The van der Waals surface area contributed by atoms with Gasteiger partial charge in [-0.25, -0.2) is 0 Å². The van der Waals surface area contributed by atoms with Crippen molar-refractivity contribution >= 4 is 17.4 Å². The van der Waals surface area contributed by atoms with E-state index in [9.17, 15) is 14.7 Å². The fourth-order valence-electron chi connectivity index (χ4n) is 4.96. The first-order valence-corrected chi connectivity index (χ1v) is 13.9. The molecule has 0 bridgehead atoms. The number of hydrogen-bond acceptors (Lipinski definition) is 6. The zero-order chi connectivity index (χ0) is 28.6. The summed E-state index contributed by atoms with van der Waals surface area (Å²) in [5, 5.41) is 11.4. The number of hydrogen-bond donors (Lipinski definition) is 1. The molecule has 1 saturated heterocycles. The van der Waals surface area contributed by atoms with Crippen molar-refractivity contribution in [3.63, 3.8) is 0 Å².